The molecule has 1 aliphatic rings. The van der Waals surface area contributed by atoms with Gasteiger partial charge in [-0.05, 0) is 36.2 Å². The van der Waals surface area contributed by atoms with Gasteiger partial charge in [-0.2, -0.15) is 0 Å². The van der Waals surface area contributed by atoms with Crippen LogP contribution in [0.3, 0.4) is 0 Å². The Balaban J connectivity index is 1.83. The van der Waals surface area contributed by atoms with Crippen LogP contribution in [0, 0.1) is 0 Å². The summed E-state index contributed by atoms with van der Waals surface area (Å²) >= 11 is 8.00. The minimum atomic E-state index is 0.278. The van der Waals surface area contributed by atoms with Gasteiger partial charge < -0.3 is 10.1 Å². The fourth-order valence-corrected chi connectivity index (χ4v) is 3.59. The molecule has 1 atom stereocenters. The Morgan fingerprint density at radius 2 is 2.25 bits per heavy atom. The van der Waals surface area contributed by atoms with E-state index in [9.17, 15) is 0 Å². The number of aromatic nitrogens is 1. The Kier molecular flexibility index (Phi) is 4.03. The molecule has 0 bridgehead atoms. The largest absolute Gasteiger partial charge is 0.481 e. The third-order valence-electron chi connectivity index (χ3n) is 3.30. The Morgan fingerprint density at radius 3 is 3.00 bits per heavy atom. The van der Waals surface area contributed by atoms with Crippen molar-refractivity contribution in [2.45, 2.75) is 17.4 Å². The van der Waals surface area contributed by atoms with Gasteiger partial charge in [0.2, 0.25) is 5.88 Å². The molecule has 0 aliphatic carbocycles. The maximum absolute atomic E-state index is 6.12. The van der Waals surface area contributed by atoms with E-state index in [2.05, 4.69) is 22.4 Å². The van der Waals surface area contributed by atoms with Crippen molar-refractivity contribution >= 4 is 29.1 Å². The molecular weight excluding hydrogens is 292 g/mol. The first kappa shape index (κ1) is 13.6. The van der Waals surface area contributed by atoms with Crippen LogP contribution >= 0.6 is 23.4 Å². The summed E-state index contributed by atoms with van der Waals surface area (Å²) in [5.74, 6) is 1.73. The average Bonchev–Trinajstić information content (AvgIpc) is 2.49. The van der Waals surface area contributed by atoms with Crippen LogP contribution in [0.15, 0.2) is 41.4 Å². The summed E-state index contributed by atoms with van der Waals surface area (Å²) in [5, 5.41) is 4.31. The summed E-state index contributed by atoms with van der Waals surface area (Å²) in [6, 6.07) is 10.2. The van der Waals surface area contributed by atoms with E-state index < -0.39 is 0 Å². The highest BCUT2D eigenvalue weighted by atomic mass is 35.5. The van der Waals surface area contributed by atoms with E-state index in [1.165, 1.54) is 10.5 Å². The van der Waals surface area contributed by atoms with Crippen LogP contribution in [0.2, 0.25) is 5.02 Å². The number of benzene rings is 1. The smallest absolute Gasteiger partial charge is 0.213 e. The molecule has 0 fully saturated rings. The van der Waals surface area contributed by atoms with E-state index >= 15 is 0 Å². The molecule has 1 aromatic carbocycles. The quantitative estimate of drug-likeness (QED) is 0.912. The first-order chi connectivity index (χ1) is 9.76. The van der Waals surface area contributed by atoms with Gasteiger partial charge in [-0.3, -0.25) is 0 Å². The molecule has 2 aromatic rings. The molecule has 20 heavy (non-hydrogen) atoms. The molecule has 1 aromatic heterocycles. The van der Waals surface area contributed by atoms with Gasteiger partial charge in [0.25, 0.3) is 0 Å². The molecule has 0 radical (unpaired) electrons. The van der Waals surface area contributed by atoms with Crippen LogP contribution in [0.4, 0.5) is 5.69 Å². The number of pyridine rings is 1. The van der Waals surface area contributed by atoms with Crippen molar-refractivity contribution in [2.24, 2.45) is 0 Å². The molecule has 0 spiro atoms. The summed E-state index contributed by atoms with van der Waals surface area (Å²) < 4.78 is 5.07. The van der Waals surface area contributed by atoms with Gasteiger partial charge in [-0.1, -0.05) is 11.6 Å². The van der Waals surface area contributed by atoms with Crippen LogP contribution in [0.1, 0.15) is 18.0 Å². The van der Waals surface area contributed by atoms with Crippen molar-refractivity contribution in [1.82, 2.24) is 4.98 Å². The normalized spacial score (nSPS) is 17.4. The average molecular weight is 307 g/mol. The monoisotopic (exact) mass is 306 g/mol. The van der Waals surface area contributed by atoms with Crippen molar-refractivity contribution in [3.8, 4) is 5.88 Å². The zero-order valence-electron chi connectivity index (χ0n) is 11.1. The lowest BCUT2D eigenvalue weighted by molar-refractivity contribution is 0.398. The second kappa shape index (κ2) is 5.94. The lowest BCUT2D eigenvalue weighted by atomic mass is 10.0. The number of nitrogens with one attached hydrogen (secondary N) is 1. The topological polar surface area (TPSA) is 34.1 Å². The minimum absolute atomic E-state index is 0.278. The first-order valence-corrected chi connectivity index (χ1v) is 7.81. The molecular formula is C15H15ClN2OS. The minimum Gasteiger partial charge on any atom is -0.481 e. The van der Waals surface area contributed by atoms with Crippen LogP contribution < -0.4 is 10.1 Å². The Morgan fingerprint density at radius 1 is 1.35 bits per heavy atom. The third-order valence-corrected chi connectivity index (χ3v) is 4.66. The summed E-state index contributed by atoms with van der Waals surface area (Å²) in [6.07, 6.45) is 2.87. The molecule has 0 amide bonds. The first-order valence-electron chi connectivity index (χ1n) is 6.45. The zero-order valence-corrected chi connectivity index (χ0v) is 12.7. The van der Waals surface area contributed by atoms with Crippen molar-refractivity contribution in [3.05, 3.63) is 47.1 Å². The summed E-state index contributed by atoms with van der Waals surface area (Å²) in [7, 11) is 1.62. The maximum Gasteiger partial charge on any atom is 0.213 e. The molecule has 1 N–H and O–H groups in total. The van der Waals surface area contributed by atoms with Crippen LogP contribution in [0.25, 0.3) is 0 Å². The second-order valence-corrected chi connectivity index (χ2v) is 6.18. The Labute approximate surface area is 127 Å². The van der Waals surface area contributed by atoms with E-state index in [-0.39, 0.29) is 6.04 Å². The molecule has 3 rings (SSSR count). The summed E-state index contributed by atoms with van der Waals surface area (Å²) in [4.78, 5) is 5.53. The highest BCUT2D eigenvalue weighted by Crippen LogP contribution is 2.39. The summed E-state index contributed by atoms with van der Waals surface area (Å²) in [5.41, 5.74) is 2.26. The molecule has 3 nitrogen and oxygen atoms in total. The molecule has 5 heteroatoms. The number of hydrogen-bond donors (Lipinski definition) is 1. The van der Waals surface area contributed by atoms with Crippen molar-refractivity contribution in [3.63, 3.8) is 0 Å². The fraction of sp³-hybridized carbons (Fsp3) is 0.267. The van der Waals surface area contributed by atoms with Crippen molar-refractivity contribution in [1.29, 1.82) is 0 Å². The Hall–Kier alpha value is -1.39. The van der Waals surface area contributed by atoms with Crippen molar-refractivity contribution < 1.29 is 4.74 Å². The molecule has 1 unspecified atom stereocenters. The van der Waals surface area contributed by atoms with E-state index in [0.717, 1.165) is 22.9 Å². The Bertz CT molecular complexity index is 603. The molecule has 2 heterocycles. The number of rotatable bonds is 3. The fourth-order valence-electron chi connectivity index (χ4n) is 2.30. The molecule has 0 saturated heterocycles. The molecule has 1 aliphatic heterocycles. The highest BCUT2D eigenvalue weighted by molar-refractivity contribution is 7.99. The van der Waals surface area contributed by atoms with Gasteiger partial charge in [0, 0.05) is 21.7 Å². The van der Waals surface area contributed by atoms with Crippen LogP contribution in [-0.2, 0) is 0 Å². The van der Waals surface area contributed by atoms with Gasteiger partial charge in [0.05, 0.1) is 25.0 Å². The molecule has 104 valence electrons. The number of methoxy groups -OCH3 is 1. The SMILES string of the molecule is COc1ccc(NC2CCSc3ccc(Cl)cc32)cn1. The highest BCUT2D eigenvalue weighted by Gasteiger charge is 2.20. The zero-order chi connectivity index (χ0) is 13.9. The van der Waals surface area contributed by atoms with E-state index in [1.807, 2.05) is 30.0 Å². The van der Waals surface area contributed by atoms with Gasteiger partial charge in [-0.25, -0.2) is 4.98 Å². The number of anilines is 1. The second-order valence-electron chi connectivity index (χ2n) is 4.61. The lowest BCUT2D eigenvalue weighted by Crippen LogP contribution is -2.16. The van der Waals surface area contributed by atoms with Gasteiger partial charge in [0.1, 0.15) is 0 Å². The number of thioether (sulfide) groups is 1. The van der Waals surface area contributed by atoms with Crippen LogP contribution in [0.5, 0.6) is 5.88 Å². The molecule has 0 saturated carbocycles. The third kappa shape index (κ3) is 2.86. The number of nitrogens with zero attached hydrogens (tertiary/aromatic N) is 1. The summed E-state index contributed by atoms with van der Waals surface area (Å²) in [6.45, 7) is 0. The van der Waals surface area contributed by atoms with E-state index in [4.69, 9.17) is 16.3 Å². The number of ether oxygens (including phenoxy) is 1. The van der Waals surface area contributed by atoms with Gasteiger partial charge in [0.15, 0.2) is 0 Å². The predicted molar refractivity (Wildman–Crippen MR) is 83.9 cm³/mol. The van der Waals surface area contributed by atoms with E-state index in [1.54, 1.807) is 13.3 Å². The van der Waals surface area contributed by atoms with Crippen LogP contribution in [-0.4, -0.2) is 17.8 Å². The lowest BCUT2D eigenvalue weighted by Gasteiger charge is -2.27. The standard InChI is InChI=1S/C15H15ClN2OS/c1-19-15-5-3-11(9-17-15)18-13-6-7-20-14-4-2-10(16)8-12(13)14/h2-5,8-9,13,18H,6-7H2,1H3. The van der Waals surface area contributed by atoms with E-state index in [0.29, 0.717) is 5.88 Å². The van der Waals surface area contributed by atoms with Gasteiger partial charge in [-0.15, -0.1) is 11.8 Å². The van der Waals surface area contributed by atoms with Gasteiger partial charge >= 0.3 is 0 Å². The predicted octanol–water partition coefficient (Wildman–Crippen LogP) is 4.39. The number of halogens is 1. The number of hydrogen-bond acceptors (Lipinski definition) is 4. The van der Waals surface area contributed by atoms with Crippen molar-refractivity contribution in [2.75, 3.05) is 18.2 Å². The number of fused-ring (bicyclic) bond motifs is 1. The maximum atomic E-state index is 6.12.